The van der Waals surface area contributed by atoms with Crippen LogP contribution in [0.25, 0.3) is 0 Å². The molecular formula is C12H16N4O3S2. The fourth-order valence-corrected chi connectivity index (χ4v) is 5.00. The van der Waals surface area contributed by atoms with Crippen LogP contribution < -0.4 is 10.4 Å². The molecule has 0 saturated heterocycles. The molecule has 0 spiro atoms. The van der Waals surface area contributed by atoms with E-state index in [1.165, 1.54) is 11.3 Å². The van der Waals surface area contributed by atoms with Crippen molar-refractivity contribution in [2.75, 3.05) is 0 Å². The summed E-state index contributed by atoms with van der Waals surface area (Å²) in [6.45, 7) is 2.34. The highest BCUT2D eigenvalue weighted by molar-refractivity contribution is 7.91. The molecule has 1 unspecified atom stereocenters. The van der Waals surface area contributed by atoms with Crippen LogP contribution in [0.4, 0.5) is 0 Å². The Morgan fingerprint density at radius 3 is 3.00 bits per heavy atom. The number of nitrogens with zero attached hydrogens (tertiary/aromatic N) is 2. The number of hydrogen-bond donors (Lipinski definition) is 2. The van der Waals surface area contributed by atoms with Crippen LogP contribution >= 0.6 is 11.3 Å². The third kappa shape index (κ3) is 2.94. The smallest absolute Gasteiger partial charge is 0.279 e. The second-order valence-corrected chi connectivity index (χ2v) is 8.04. The molecule has 0 radical (unpaired) electrons. The van der Waals surface area contributed by atoms with Gasteiger partial charge in [-0.3, -0.25) is 4.57 Å². The number of hydrogen-bond acceptors (Lipinski definition) is 5. The van der Waals surface area contributed by atoms with E-state index in [4.69, 9.17) is 0 Å². The number of aromatic nitrogens is 3. The predicted octanol–water partition coefficient (Wildman–Crippen LogP) is 0.625. The van der Waals surface area contributed by atoms with Gasteiger partial charge in [0.2, 0.25) is 10.0 Å². The number of fused-ring (bicyclic) bond motifs is 1. The highest BCUT2D eigenvalue weighted by Crippen LogP contribution is 2.21. The van der Waals surface area contributed by atoms with Crippen molar-refractivity contribution in [3.8, 4) is 0 Å². The van der Waals surface area contributed by atoms with E-state index in [1.54, 1.807) is 10.6 Å². The summed E-state index contributed by atoms with van der Waals surface area (Å²) in [5.74, 6) is 0.689. The van der Waals surface area contributed by atoms with E-state index in [1.807, 2.05) is 12.3 Å². The van der Waals surface area contributed by atoms with Crippen molar-refractivity contribution in [1.29, 1.82) is 0 Å². The fourth-order valence-electron chi connectivity index (χ4n) is 2.45. The molecule has 0 saturated carbocycles. The maximum absolute atomic E-state index is 12.3. The third-order valence-corrected chi connectivity index (χ3v) is 6.63. The Morgan fingerprint density at radius 1 is 1.48 bits per heavy atom. The molecule has 7 nitrogen and oxygen atoms in total. The summed E-state index contributed by atoms with van der Waals surface area (Å²) < 4.78 is 29.3. The quantitative estimate of drug-likeness (QED) is 0.863. The average molecular weight is 328 g/mol. The summed E-state index contributed by atoms with van der Waals surface area (Å²) in [6.07, 6.45) is 1.79. The van der Waals surface area contributed by atoms with Crippen LogP contribution in [0.15, 0.2) is 20.5 Å². The second-order valence-electron chi connectivity index (χ2n) is 5.19. The van der Waals surface area contributed by atoms with Gasteiger partial charge in [-0.1, -0.05) is 0 Å². The average Bonchev–Trinajstić information content (AvgIpc) is 2.94. The summed E-state index contributed by atoms with van der Waals surface area (Å²) in [5.41, 5.74) is 0.704. The SMILES string of the molecule is Cc1csc(S(=O)(=O)NC2CCc3n[nH]c(=O)n3CC2)c1. The van der Waals surface area contributed by atoms with Gasteiger partial charge in [0.1, 0.15) is 10.0 Å². The minimum Gasteiger partial charge on any atom is -0.279 e. The van der Waals surface area contributed by atoms with Gasteiger partial charge in [0, 0.05) is 19.0 Å². The normalized spacial score (nSPS) is 19.2. The fraction of sp³-hybridized carbons (Fsp3) is 0.500. The number of nitrogens with one attached hydrogen (secondary N) is 2. The molecule has 1 aliphatic heterocycles. The van der Waals surface area contributed by atoms with Gasteiger partial charge in [0.25, 0.3) is 0 Å². The van der Waals surface area contributed by atoms with Gasteiger partial charge in [0.05, 0.1) is 0 Å². The van der Waals surface area contributed by atoms with E-state index < -0.39 is 10.0 Å². The maximum Gasteiger partial charge on any atom is 0.343 e. The monoisotopic (exact) mass is 328 g/mol. The van der Waals surface area contributed by atoms with Gasteiger partial charge in [-0.25, -0.2) is 23.0 Å². The van der Waals surface area contributed by atoms with Gasteiger partial charge in [-0.2, -0.15) is 5.10 Å². The minimum absolute atomic E-state index is 0.182. The second kappa shape index (κ2) is 5.39. The Bertz CT molecular complexity index is 803. The Morgan fingerprint density at radius 2 is 2.29 bits per heavy atom. The maximum atomic E-state index is 12.3. The standard InChI is InChI=1S/C12H16N4O3S2/c1-8-6-11(20-7-8)21(18,19)15-9-2-3-10-13-14-12(17)16(10)5-4-9/h6-7,9,15H,2-5H2,1H3,(H,14,17). The summed E-state index contributed by atoms with van der Waals surface area (Å²) >= 11 is 1.22. The van der Waals surface area contributed by atoms with E-state index in [2.05, 4.69) is 14.9 Å². The Kier molecular flexibility index (Phi) is 3.72. The Hall–Kier alpha value is -1.45. The molecule has 114 valence electrons. The number of aromatic amines is 1. The lowest BCUT2D eigenvalue weighted by Gasteiger charge is -2.15. The molecule has 3 rings (SSSR count). The van der Waals surface area contributed by atoms with Gasteiger partial charge < -0.3 is 0 Å². The number of thiophene rings is 1. The first-order valence-corrected chi connectivity index (χ1v) is 9.03. The van der Waals surface area contributed by atoms with Crippen LogP contribution in [0.3, 0.4) is 0 Å². The largest absolute Gasteiger partial charge is 0.343 e. The van der Waals surface area contributed by atoms with E-state index in [0.29, 0.717) is 35.8 Å². The number of sulfonamides is 1. The van der Waals surface area contributed by atoms with Crippen molar-refractivity contribution in [2.24, 2.45) is 0 Å². The van der Waals surface area contributed by atoms with Crippen LogP contribution in [0, 0.1) is 6.92 Å². The molecular weight excluding hydrogens is 312 g/mol. The van der Waals surface area contributed by atoms with Crippen molar-refractivity contribution in [1.82, 2.24) is 19.5 Å². The zero-order chi connectivity index (χ0) is 15.0. The summed E-state index contributed by atoms with van der Waals surface area (Å²) in [7, 11) is -3.48. The first-order valence-electron chi connectivity index (χ1n) is 6.67. The van der Waals surface area contributed by atoms with Crippen LogP contribution in [0.5, 0.6) is 0 Å². The summed E-state index contributed by atoms with van der Waals surface area (Å²) in [6, 6.07) is 1.48. The van der Waals surface area contributed by atoms with Gasteiger partial charge in [0.15, 0.2) is 0 Å². The molecule has 0 fully saturated rings. The molecule has 3 heterocycles. The summed E-state index contributed by atoms with van der Waals surface area (Å²) in [4.78, 5) is 11.5. The van der Waals surface area contributed by atoms with Crippen LogP contribution in [0.1, 0.15) is 24.2 Å². The van der Waals surface area contributed by atoms with Gasteiger partial charge in [-0.05, 0) is 36.8 Å². The van der Waals surface area contributed by atoms with E-state index in [-0.39, 0.29) is 11.7 Å². The molecule has 1 aliphatic rings. The van der Waals surface area contributed by atoms with Crippen molar-refractivity contribution in [3.63, 3.8) is 0 Å². The lowest BCUT2D eigenvalue weighted by atomic mass is 10.1. The molecule has 0 aromatic carbocycles. The van der Waals surface area contributed by atoms with Crippen LogP contribution in [-0.2, 0) is 23.0 Å². The Balaban J connectivity index is 1.74. The molecule has 2 N–H and O–H groups in total. The Labute approximate surface area is 126 Å². The third-order valence-electron chi connectivity index (χ3n) is 3.55. The van der Waals surface area contributed by atoms with Crippen molar-refractivity contribution in [2.45, 2.75) is 43.0 Å². The lowest BCUT2D eigenvalue weighted by molar-refractivity contribution is 0.494. The zero-order valence-corrected chi connectivity index (χ0v) is 13.1. The van der Waals surface area contributed by atoms with Crippen molar-refractivity contribution in [3.05, 3.63) is 33.3 Å². The highest BCUT2D eigenvalue weighted by atomic mass is 32.2. The minimum atomic E-state index is -3.48. The molecule has 0 amide bonds. The van der Waals surface area contributed by atoms with Crippen molar-refractivity contribution >= 4 is 21.4 Å². The summed E-state index contributed by atoms with van der Waals surface area (Å²) in [5, 5.41) is 8.19. The molecule has 0 bridgehead atoms. The van der Waals surface area contributed by atoms with E-state index in [0.717, 1.165) is 5.56 Å². The molecule has 2 aromatic heterocycles. The van der Waals surface area contributed by atoms with Crippen LogP contribution in [-0.4, -0.2) is 29.2 Å². The molecule has 9 heteroatoms. The van der Waals surface area contributed by atoms with Crippen molar-refractivity contribution < 1.29 is 8.42 Å². The van der Waals surface area contributed by atoms with Gasteiger partial charge >= 0.3 is 5.69 Å². The lowest BCUT2D eigenvalue weighted by Crippen LogP contribution is -2.35. The van der Waals surface area contributed by atoms with Crippen LogP contribution in [0.2, 0.25) is 0 Å². The number of rotatable bonds is 3. The molecule has 2 aromatic rings. The predicted molar refractivity (Wildman–Crippen MR) is 79.0 cm³/mol. The van der Waals surface area contributed by atoms with E-state index in [9.17, 15) is 13.2 Å². The molecule has 1 atom stereocenters. The highest BCUT2D eigenvalue weighted by Gasteiger charge is 2.24. The topological polar surface area (TPSA) is 96.8 Å². The molecule has 21 heavy (non-hydrogen) atoms. The molecule has 0 aliphatic carbocycles. The number of aryl methyl sites for hydroxylation is 2. The first-order chi connectivity index (χ1) is 9.95. The number of H-pyrrole nitrogens is 1. The van der Waals surface area contributed by atoms with Gasteiger partial charge in [-0.15, -0.1) is 11.3 Å². The first kappa shape index (κ1) is 14.5. The zero-order valence-electron chi connectivity index (χ0n) is 11.5. The van der Waals surface area contributed by atoms with E-state index >= 15 is 0 Å².